The molecule has 0 spiro atoms. The SMILES string of the molecule is O=C(OP(=O)([O-])OC(=O)c1ccc(-c2ccccc2)cc1)c1ccc(-c2ccccc2)cc1.[Na+]. The van der Waals surface area contributed by atoms with E-state index in [4.69, 9.17) is 0 Å². The molecule has 0 aliphatic rings. The Morgan fingerprint density at radius 2 is 0.824 bits per heavy atom. The molecule has 0 unspecified atom stereocenters. The number of rotatable bonds is 6. The van der Waals surface area contributed by atoms with Crippen LogP contribution in [-0.4, -0.2) is 11.9 Å². The van der Waals surface area contributed by atoms with E-state index in [2.05, 4.69) is 9.05 Å². The van der Waals surface area contributed by atoms with Gasteiger partial charge in [0.2, 0.25) is 0 Å². The van der Waals surface area contributed by atoms with Crippen LogP contribution < -0.4 is 34.5 Å². The summed E-state index contributed by atoms with van der Waals surface area (Å²) in [7, 11) is -5.22. The first-order valence-corrected chi connectivity index (χ1v) is 11.5. The van der Waals surface area contributed by atoms with E-state index in [1.165, 1.54) is 24.3 Å². The van der Waals surface area contributed by atoms with E-state index >= 15 is 0 Å². The third-order valence-electron chi connectivity index (χ3n) is 4.84. The summed E-state index contributed by atoms with van der Waals surface area (Å²) in [5.41, 5.74) is 3.60. The van der Waals surface area contributed by atoms with Gasteiger partial charge < -0.3 is 13.9 Å². The first-order valence-electron chi connectivity index (χ1n) is 10.0. The first kappa shape index (κ1) is 25.6. The van der Waals surface area contributed by atoms with E-state index in [0.717, 1.165) is 22.3 Å². The van der Waals surface area contributed by atoms with Crippen molar-refractivity contribution in [1.29, 1.82) is 0 Å². The molecule has 8 heteroatoms. The second-order valence-corrected chi connectivity index (χ2v) is 8.35. The predicted molar refractivity (Wildman–Crippen MR) is 122 cm³/mol. The Morgan fingerprint density at radius 1 is 0.529 bits per heavy atom. The van der Waals surface area contributed by atoms with Gasteiger partial charge in [0, 0.05) is 0 Å². The summed E-state index contributed by atoms with van der Waals surface area (Å²) in [5, 5.41) is 0. The average molecular weight is 480 g/mol. The summed E-state index contributed by atoms with van der Waals surface area (Å²) >= 11 is 0. The van der Waals surface area contributed by atoms with Crippen LogP contribution in [0.4, 0.5) is 0 Å². The van der Waals surface area contributed by atoms with Crippen LogP contribution in [0.2, 0.25) is 0 Å². The van der Waals surface area contributed by atoms with Crippen molar-refractivity contribution in [1.82, 2.24) is 0 Å². The van der Waals surface area contributed by atoms with Crippen LogP contribution in [0, 0.1) is 0 Å². The van der Waals surface area contributed by atoms with Crippen LogP contribution in [0.3, 0.4) is 0 Å². The average Bonchev–Trinajstić information content (AvgIpc) is 2.85. The molecule has 0 bridgehead atoms. The largest absolute Gasteiger partial charge is 1.00 e. The molecule has 0 amide bonds. The maximum atomic E-state index is 12.2. The van der Waals surface area contributed by atoms with Crippen molar-refractivity contribution in [2.45, 2.75) is 0 Å². The maximum absolute atomic E-state index is 12.2. The van der Waals surface area contributed by atoms with Crippen molar-refractivity contribution in [2.24, 2.45) is 0 Å². The van der Waals surface area contributed by atoms with Crippen molar-refractivity contribution in [3.05, 3.63) is 120 Å². The fraction of sp³-hybridized carbons (Fsp3) is 0. The zero-order chi connectivity index (χ0) is 23.3. The summed E-state index contributed by atoms with van der Waals surface area (Å²) in [6, 6.07) is 31.4. The standard InChI is InChI=1S/C26H19O6P.Na/c27-25(23-15-11-21(12-16-23)19-7-3-1-4-8-19)31-33(29,30)32-26(28)24-17-13-22(14-18-24)20-9-5-2-6-10-20;/h1-18H,(H,29,30);/q;+1/p-1. The van der Waals surface area contributed by atoms with Gasteiger partial charge in [0.05, 0.1) is 11.1 Å². The Kier molecular flexibility index (Phi) is 8.61. The van der Waals surface area contributed by atoms with Crippen molar-refractivity contribution in [3.63, 3.8) is 0 Å². The molecule has 0 radical (unpaired) electrons. The minimum absolute atomic E-state index is 0. The summed E-state index contributed by atoms with van der Waals surface area (Å²) in [6.07, 6.45) is 0. The maximum Gasteiger partial charge on any atom is 1.00 e. The van der Waals surface area contributed by atoms with Crippen LogP contribution in [0.1, 0.15) is 20.7 Å². The molecule has 0 atom stereocenters. The Balaban J connectivity index is 0.00000324. The molecule has 0 fully saturated rings. The zero-order valence-corrected chi connectivity index (χ0v) is 21.2. The quantitative estimate of drug-likeness (QED) is 0.311. The van der Waals surface area contributed by atoms with E-state index in [9.17, 15) is 19.0 Å². The molecular formula is C26H18NaO6P. The second kappa shape index (κ2) is 11.4. The fourth-order valence-corrected chi connectivity index (χ4v) is 3.84. The summed E-state index contributed by atoms with van der Waals surface area (Å²) in [5.74, 6) is -2.28. The van der Waals surface area contributed by atoms with Gasteiger partial charge in [-0.2, -0.15) is 0 Å². The number of carbonyl (C=O) groups excluding carboxylic acids is 2. The van der Waals surface area contributed by atoms with E-state index < -0.39 is 19.8 Å². The smallest absolute Gasteiger partial charge is 0.736 e. The fourth-order valence-electron chi connectivity index (χ4n) is 3.19. The number of phosphoric ester groups is 1. The second-order valence-electron chi connectivity index (χ2n) is 7.09. The minimum atomic E-state index is -5.22. The van der Waals surface area contributed by atoms with Crippen LogP contribution in [0.25, 0.3) is 22.3 Å². The van der Waals surface area contributed by atoms with Gasteiger partial charge in [-0.25, -0.2) is 14.2 Å². The van der Waals surface area contributed by atoms with Gasteiger partial charge >= 0.3 is 49.3 Å². The van der Waals surface area contributed by atoms with Crippen molar-refractivity contribution in [3.8, 4) is 22.3 Å². The molecular weight excluding hydrogens is 462 g/mol. The monoisotopic (exact) mass is 480 g/mol. The third kappa shape index (κ3) is 6.54. The van der Waals surface area contributed by atoms with Gasteiger partial charge in [0.15, 0.2) is 0 Å². The van der Waals surface area contributed by atoms with E-state index in [1.54, 1.807) is 24.3 Å². The number of phosphoric acid groups is 1. The normalized spacial score (nSPS) is 10.6. The molecule has 4 rings (SSSR count). The third-order valence-corrected chi connectivity index (χ3v) is 5.62. The molecule has 6 nitrogen and oxygen atoms in total. The predicted octanol–water partition coefficient (Wildman–Crippen LogP) is 2.51. The zero-order valence-electron chi connectivity index (χ0n) is 18.3. The summed E-state index contributed by atoms with van der Waals surface area (Å²) < 4.78 is 21.1. The summed E-state index contributed by atoms with van der Waals surface area (Å²) in [6.45, 7) is 0. The Morgan fingerprint density at radius 3 is 1.15 bits per heavy atom. The van der Waals surface area contributed by atoms with Gasteiger partial charge in [-0.3, -0.25) is 0 Å². The Labute approximate surface area is 219 Å². The van der Waals surface area contributed by atoms with Gasteiger partial charge in [-0.15, -0.1) is 0 Å². The molecule has 0 N–H and O–H groups in total. The summed E-state index contributed by atoms with van der Waals surface area (Å²) in [4.78, 5) is 36.6. The van der Waals surface area contributed by atoms with E-state index in [-0.39, 0.29) is 40.7 Å². The van der Waals surface area contributed by atoms with Gasteiger partial charge in [-0.05, 0) is 46.5 Å². The van der Waals surface area contributed by atoms with E-state index in [1.807, 2.05) is 60.7 Å². The van der Waals surface area contributed by atoms with Crippen molar-refractivity contribution < 1.29 is 57.7 Å². The molecule has 34 heavy (non-hydrogen) atoms. The van der Waals surface area contributed by atoms with Gasteiger partial charge in [0.25, 0.3) is 0 Å². The molecule has 0 saturated heterocycles. The Hall–Kier alpha value is -2.99. The van der Waals surface area contributed by atoms with Crippen LogP contribution in [0.15, 0.2) is 109 Å². The molecule has 0 aliphatic carbocycles. The number of hydrogen-bond donors (Lipinski definition) is 0. The molecule has 0 aliphatic heterocycles. The van der Waals surface area contributed by atoms with Gasteiger partial charge in [-0.1, -0.05) is 84.9 Å². The molecule has 0 aromatic heterocycles. The molecule has 0 saturated carbocycles. The first-order chi connectivity index (χ1) is 15.9. The van der Waals surface area contributed by atoms with Crippen LogP contribution in [0.5, 0.6) is 0 Å². The van der Waals surface area contributed by atoms with Crippen molar-refractivity contribution in [2.75, 3.05) is 0 Å². The number of carbonyl (C=O) groups is 2. The molecule has 4 aromatic carbocycles. The van der Waals surface area contributed by atoms with Crippen molar-refractivity contribution >= 4 is 19.8 Å². The topological polar surface area (TPSA) is 92.7 Å². The minimum Gasteiger partial charge on any atom is -0.736 e. The van der Waals surface area contributed by atoms with Gasteiger partial charge in [0.1, 0.15) is 0 Å². The number of benzene rings is 4. The molecule has 4 aromatic rings. The van der Waals surface area contributed by atoms with Crippen LogP contribution in [-0.2, 0) is 13.6 Å². The number of hydrogen-bond acceptors (Lipinski definition) is 6. The molecule has 164 valence electrons. The molecule has 0 heterocycles. The Bertz CT molecular complexity index is 1210. The van der Waals surface area contributed by atoms with E-state index in [0.29, 0.717) is 0 Å². The van der Waals surface area contributed by atoms with Crippen LogP contribution >= 0.6 is 7.82 Å².